The second kappa shape index (κ2) is 36.0. The summed E-state index contributed by atoms with van der Waals surface area (Å²) in [5.41, 5.74) is 0. The van der Waals surface area contributed by atoms with Gasteiger partial charge in [0.15, 0.2) is 8.32 Å². The second-order valence-corrected chi connectivity index (χ2v) is 17.2. The molecule has 15 heteroatoms. The molecule has 0 atom stereocenters. The summed E-state index contributed by atoms with van der Waals surface area (Å²) in [7, 11) is -1.70. The summed E-state index contributed by atoms with van der Waals surface area (Å²) < 4.78 is 71.7. The number of rotatable bonds is 39. The molecule has 0 aliphatic rings. The van der Waals surface area contributed by atoms with E-state index in [1.54, 1.807) is 0 Å². The minimum atomic E-state index is -1.70. The minimum absolute atomic E-state index is 0.217. The molecule has 0 fully saturated rings. The van der Waals surface area contributed by atoms with Crippen LogP contribution in [0.2, 0.25) is 18.1 Å². The van der Waals surface area contributed by atoms with Crippen LogP contribution in [0.5, 0.6) is 0 Å². The lowest BCUT2D eigenvalue weighted by molar-refractivity contribution is -0.0284. The van der Waals surface area contributed by atoms with Gasteiger partial charge < -0.3 is 61.3 Å². The third-order valence-electron chi connectivity index (χ3n) is 6.81. The SMILES string of the molecule is CC(C)(C)[Si](C)(C)OCCOCCOCCOCCOCCOCCOCCOCCOCCOCCOCCOCCOCCBr. The Morgan fingerprint density at radius 2 is 0.489 bits per heavy atom. The van der Waals surface area contributed by atoms with E-state index in [2.05, 4.69) is 49.8 Å². The van der Waals surface area contributed by atoms with E-state index in [0.29, 0.717) is 165 Å². The lowest BCUT2D eigenvalue weighted by Gasteiger charge is -2.36. The van der Waals surface area contributed by atoms with Gasteiger partial charge in [-0.25, -0.2) is 0 Å². The van der Waals surface area contributed by atoms with Gasteiger partial charge in [-0.1, -0.05) is 36.7 Å². The summed E-state index contributed by atoms with van der Waals surface area (Å²) in [5.74, 6) is 0. The van der Waals surface area contributed by atoms with Gasteiger partial charge in [0.25, 0.3) is 0 Å². The Hall–Kier alpha value is 0.177. The first-order chi connectivity index (χ1) is 22.8. The molecule has 0 saturated heterocycles. The van der Waals surface area contributed by atoms with Crippen molar-refractivity contribution < 1.29 is 61.3 Å². The van der Waals surface area contributed by atoms with Crippen LogP contribution in [0.3, 0.4) is 0 Å². The number of ether oxygens (including phenoxy) is 12. The molecule has 0 amide bonds. The van der Waals surface area contributed by atoms with Crippen molar-refractivity contribution in [1.82, 2.24) is 0 Å². The van der Waals surface area contributed by atoms with Crippen LogP contribution in [0.1, 0.15) is 20.8 Å². The van der Waals surface area contributed by atoms with Crippen LogP contribution in [0.25, 0.3) is 0 Å². The molecule has 0 bridgehead atoms. The zero-order valence-electron chi connectivity index (χ0n) is 30.1. The van der Waals surface area contributed by atoms with E-state index in [9.17, 15) is 0 Å². The van der Waals surface area contributed by atoms with Crippen LogP contribution < -0.4 is 0 Å². The van der Waals surface area contributed by atoms with Gasteiger partial charge in [0.2, 0.25) is 0 Å². The molecule has 0 aromatic rings. The number of hydrogen-bond donors (Lipinski definition) is 0. The first kappa shape index (κ1) is 47.2. The molecule has 0 unspecified atom stereocenters. The number of alkyl halides is 1. The highest BCUT2D eigenvalue weighted by molar-refractivity contribution is 9.09. The van der Waals surface area contributed by atoms with E-state index in [1.165, 1.54) is 0 Å². The molecule has 0 N–H and O–H groups in total. The van der Waals surface area contributed by atoms with Gasteiger partial charge in [-0.05, 0) is 18.1 Å². The minimum Gasteiger partial charge on any atom is -0.414 e. The van der Waals surface area contributed by atoms with Crippen molar-refractivity contribution in [3.63, 3.8) is 0 Å². The maximum atomic E-state index is 6.08. The zero-order valence-corrected chi connectivity index (χ0v) is 32.7. The van der Waals surface area contributed by atoms with Crippen molar-refractivity contribution in [2.45, 2.75) is 38.9 Å². The Labute approximate surface area is 294 Å². The Morgan fingerprint density at radius 3 is 0.660 bits per heavy atom. The highest BCUT2D eigenvalue weighted by atomic mass is 79.9. The molecule has 0 aromatic carbocycles. The van der Waals surface area contributed by atoms with E-state index in [0.717, 1.165) is 5.33 Å². The Bertz CT molecular complexity index is 618. The maximum absolute atomic E-state index is 6.08. The van der Waals surface area contributed by atoms with Gasteiger partial charge >= 0.3 is 0 Å². The summed E-state index contributed by atoms with van der Waals surface area (Å²) in [4.78, 5) is 0. The average molecular weight is 768 g/mol. The molecule has 0 saturated carbocycles. The summed E-state index contributed by atoms with van der Waals surface area (Å²) in [6, 6.07) is 0. The molecule has 0 rings (SSSR count). The maximum Gasteiger partial charge on any atom is 0.192 e. The van der Waals surface area contributed by atoms with Gasteiger partial charge in [0, 0.05) is 5.33 Å². The first-order valence-corrected chi connectivity index (χ1v) is 21.0. The van der Waals surface area contributed by atoms with E-state index >= 15 is 0 Å². The van der Waals surface area contributed by atoms with Crippen molar-refractivity contribution in [3.8, 4) is 0 Å². The smallest absolute Gasteiger partial charge is 0.192 e. The largest absolute Gasteiger partial charge is 0.414 e. The van der Waals surface area contributed by atoms with E-state index in [-0.39, 0.29) is 5.04 Å². The fourth-order valence-electron chi connectivity index (χ4n) is 3.15. The van der Waals surface area contributed by atoms with Crippen molar-refractivity contribution in [2.75, 3.05) is 171 Å². The predicted molar refractivity (Wildman–Crippen MR) is 187 cm³/mol. The van der Waals surface area contributed by atoms with E-state index in [1.807, 2.05) is 0 Å². The van der Waals surface area contributed by atoms with Crippen LogP contribution in [-0.2, 0) is 61.3 Å². The van der Waals surface area contributed by atoms with Crippen LogP contribution >= 0.6 is 15.9 Å². The second-order valence-electron chi connectivity index (χ2n) is 11.6. The normalized spacial score (nSPS) is 12.4. The molecule has 0 aliphatic heterocycles. The summed E-state index contributed by atoms with van der Waals surface area (Å²) in [6.07, 6.45) is 0. The standard InChI is InChI=1S/C32H67BrO13Si/c1-32(2,3)47(4,5)46-31-30-45-29-28-44-27-26-43-25-24-42-23-22-41-21-20-40-19-18-39-17-16-38-15-14-37-13-12-36-11-10-35-9-8-34-7-6-33/h6-31H2,1-5H3. The fraction of sp³-hybridized carbons (Fsp3) is 1.00. The summed E-state index contributed by atoms with van der Waals surface area (Å²) >= 11 is 3.30. The Morgan fingerprint density at radius 1 is 0.319 bits per heavy atom. The quantitative estimate of drug-likeness (QED) is 0.0516. The molecule has 13 nitrogen and oxygen atoms in total. The molecule has 0 aromatic heterocycles. The lowest BCUT2D eigenvalue weighted by Crippen LogP contribution is -2.41. The van der Waals surface area contributed by atoms with Crippen LogP contribution in [0.15, 0.2) is 0 Å². The summed E-state index contributed by atoms with van der Waals surface area (Å²) in [5, 5.41) is 1.05. The number of halogens is 1. The molecular weight excluding hydrogens is 700 g/mol. The molecule has 284 valence electrons. The van der Waals surface area contributed by atoms with Crippen molar-refractivity contribution >= 4 is 24.2 Å². The molecular formula is C32H67BrO13Si. The summed E-state index contributed by atoms with van der Waals surface area (Å²) in [6.45, 7) is 24.8. The first-order valence-electron chi connectivity index (χ1n) is 16.9. The van der Waals surface area contributed by atoms with Crippen molar-refractivity contribution in [1.29, 1.82) is 0 Å². The predicted octanol–water partition coefficient (Wildman–Crippen LogP) is 3.60. The van der Waals surface area contributed by atoms with Crippen molar-refractivity contribution in [3.05, 3.63) is 0 Å². The molecule has 0 heterocycles. The van der Waals surface area contributed by atoms with Gasteiger partial charge in [0.1, 0.15) is 0 Å². The van der Waals surface area contributed by atoms with Crippen LogP contribution in [0.4, 0.5) is 0 Å². The Kier molecular flexibility index (Phi) is 36.1. The average Bonchev–Trinajstić information content (AvgIpc) is 3.03. The zero-order chi connectivity index (χ0) is 34.6. The molecule has 0 aliphatic carbocycles. The molecule has 0 radical (unpaired) electrons. The highest BCUT2D eigenvalue weighted by Gasteiger charge is 2.36. The van der Waals surface area contributed by atoms with Gasteiger partial charge in [-0.3, -0.25) is 0 Å². The third-order valence-corrected chi connectivity index (χ3v) is 11.7. The Balaban J connectivity index is 3.11. The molecule has 0 spiro atoms. The monoisotopic (exact) mass is 766 g/mol. The topological polar surface area (TPSA) is 120 Å². The van der Waals surface area contributed by atoms with Crippen LogP contribution in [-0.4, -0.2) is 179 Å². The fourth-order valence-corrected chi connectivity index (χ4v) is 4.40. The number of hydrogen-bond acceptors (Lipinski definition) is 13. The van der Waals surface area contributed by atoms with Crippen LogP contribution in [0, 0.1) is 0 Å². The van der Waals surface area contributed by atoms with Crippen molar-refractivity contribution in [2.24, 2.45) is 0 Å². The van der Waals surface area contributed by atoms with Gasteiger partial charge in [-0.2, -0.15) is 0 Å². The highest BCUT2D eigenvalue weighted by Crippen LogP contribution is 2.36. The van der Waals surface area contributed by atoms with Gasteiger partial charge in [-0.15, -0.1) is 0 Å². The van der Waals surface area contributed by atoms with Gasteiger partial charge in [0.05, 0.1) is 165 Å². The lowest BCUT2D eigenvalue weighted by atomic mass is 10.2. The van der Waals surface area contributed by atoms with E-state index < -0.39 is 8.32 Å². The van der Waals surface area contributed by atoms with E-state index in [4.69, 9.17) is 61.3 Å². The third kappa shape index (κ3) is 35.8. The molecule has 47 heavy (non-hydrogen) atoms.